The number of hydrogen-bond acceptors (Lipinski definition) is 10. The number of primary amides is 1. The molecule has 0 saturated carbocycles. The van der Waals surface area contributed by atoms with Crippen molar-refractivity contribution in [2.75, 3.05) is 6.61 Å². The monoisotopic (exact) mass is 450 g/mol. The Bertz CT molecular complexity index is 908. The van der Waals surface area contributed by atoms with Gasteiger partial charge in [0.1, 0.15) is 17.8 Å². The highest BCUT2D eigenvalue weighted by Crippen LogP contribution is 2.44. The molecular formula is C17H27FN4O9. The van der Waals surface area contributed by atoms with Gasteiger partial charge in [0.15, 0.2) is 6.30 Å². The molecule has 0 aliphatic carbocycles. The van der Waals surface area contributed by atoms with Crippen LogP contribution in [0.2, 0.25) is 0 Å². The van der Waals surface area contributed by atoms with E-state index in [0.717, 1.165) is 12.8 Å². The zero-order valence-corrected chi connectivity index (χ0v) is 16.8. The molecule has 1 unspecified atom stereocenters. The molecule has 2 heterocycles. The van der Waals surface area contributed by atoms with Crippen molar-refractivity contribution in [1.82, 2.24) is 14.6 Å². The molecule has 1 amide bonds. The Labute approximate surface area is 175 Å². The van der Waals surface area contributed by atoms with Crippen LogP contribution in [-0.4, -0.2) is 77.0 Å². The minimum atomic E-state index is -3.45. The molecule has 8 N–H and O–H groups in total. The van der Waals surface area contributed by atoms with Crippen molar-refractivity contribution in [1.29, 1.82) is 0 Å². The van der Waals surface area contributed by atoms with Crippen LogP contribution in [0, 0.1) is 0 Å². The van der Waals surface area contributed by atoms with E-state index in [1.54, 1.807) is 4.98 Å². The second kappa shape index (κ2) is 9.52. The van der Waals surface area contributed by atoms with Crippen LogP contribution < -0.4 is 17.0 Å². The molecule has 1 saturated heterocycles. The first kappa shape index (κ1) is 25.1. The lowest BCUT2D eigenvalue weighted by atomic mass is 10.00. The first-order valence-corrected chi connectivity index (χ1v) is 9.65. The van der Waals surface area contributed by atoms with Crippen molar-refractivity contribution in [3.8, 4) is 0 Å². The number of aliphatic hydroxyl groups is 4. The summed E-state index contributed by atoms with van der Waals surface area (Å²) in [5.41, 5.74) is -1.92. The van der Waals surface area contributed by atoms with Gasteiger partial charge in [0.05, 0.1) is 6.61 Å². The van der Waals surface area contributed by atoms with E-state index in [0.29, 0.717) is 12.6 Å². The van der Waals surface area contributed by atoms with Crippen LogP contribution in [0.5, 0.6) is 0 Å². The fraction of sp³-hybridized carbons (Fsp3) is 0.706. The van der Waals surface area contributed by atoms with Crippen LogP contribution in [0.4, 0.5) is 4.39 Å². The number of aliphatic hydroxyl groups excluding tert-OH is 2. The van der Waals surface area contributed by atoms with Crippen LogP contribution in [0.25, 0.3) is 0 Å². The normalized spacial score (nSPS) is 29.4. The van der Waals surface area contributed by atoms with Crippen molar-refractivity contribution in [3.63, 3.8) is 0 Å². The number of unbranched alkanes of at least 4 members (excludes halogenated alkanes) is 3. The Kier molecular flexibility index (Phi) is 7.70. The summed E-state index contributed by atoms with van der Waals surface area (Å²) in [6.45, 7) is 0.908. The van der Waals surface area contributed by atoms with Gasteiger partial charge in [-0.15, -0.1) is 5.06 Å². The van der Waals surface area contributed by atoms with Gasteiger partial charge in [-0.25, -0.2) is 13.8 Å². The molecule has 0 radical (unpaired) electrons. The van der Waals surface area contributed by atoms with Gasteiger partial charge < -0.3 is 36.1 Å². The number of carbonyl (C=O) groups excluding carboxylic acids is 1. The standard InChI is InChI=1S/C17H27FN4O9/c1-2-3-4-5-6-11(18)22(30)16(28)12(24)10(8-23)31-17(16,29)21-7-9(13(19)25)14(26)20-15(21)27/h7,10-12,23-24,28-30H,2-6,8H2,1H3,(H2,19,25)(H,20,26,27)/t10-,11?,12-,16-,17-/m1/s1. The fourth-order valence-corrected chi connectivity index (χ4v) is 3.42. The van der Waals surface area contributed by atoms with Gasteiger partial charge in [0.25, 0.3) is 11.5 Å². The third kappa shape index (κ3) is 4.27. The number of aromatic amines is 1. The predicted octanol–water partition coefficient (Wildman–Crippen LogP) is -2.36. The van der Waals surface area contributed by atoms with Crippen LogP contribution in [0.15, 0.2) is 15.8 Å². The summed E-state index contributed by atoms with van der Waals surface area (Å²) < 4.78 is 19.8. The molecule has 5 atom stereocenters. The predicted molar refractivity (Wildman–Crippen MR) is 100 cm³/mol. The lowest BCUT2D eigenvalue weighted by Crippen LogP contribution is -2.70. The molecule has 0 spiro atoms. The van der Waals surface area contributed by atoms with Crippen LogP contribution >= 0.6 is 0 Å². The minimum Gasteiger partial charge on any atom is -0.394 e. The molecule has 1 aliphatic rings. The number of alkyl halides is 1. The van der Waals surface area contributed by atoms with E-state index < -0.39 is 64.5 Å². The summed E-state index contributed by atoms with van der Waals surface area (Å²) in [5.74, 6) is -4.77. The summed E-state index contributed by atoms with van der Waals surface area (Å²) in [6, 6.07) is 0. The molecular weight excluding hydrogens is 423 g/mol. The minimum absolute atomic E-state index is 0.0559. The maximum atomic E-state index is 14.7. The van der Waals surface area contributed by atoms with E-state index in [-0.39, 0.29) is 17.4 Å². The maximum absolute atomic E-state index is 14.7. The van der Waals surface area contributed by atoms with Gasteiger partial charge in [-0.3, -0.25) is 14.6 Å². The van der Waals surface area contributed by atoms with Crippen LogP contribution in [0.1, 0.15) is 49.4 Å². The average Bonchev–Trinajstić information content (AvgIpc) is 2.92. The van der Waals surface area contributed by atoms with E-state index in [2.05, 4.69) is 0 Å². The summed E-state index contributed by atoms with van der Waals surface area (Å²) in [6.07, 6.45) is -3.85. The lowest BCUT2D eigenvalue weighted by molar-refractivity contribution is -0.428. The molecule has 31 heavy (non-hydrogen) atoms. The van der Waals surface area contributed by atoms with Crippen molar-refractivity contribution < 1.29 is 39.6 Å². The third-order valence-electron chi connectivity index (χ3n) is 5.18. The highest BCUT2D eigenvalue weighted by molar-refractivity contribution is 5.91. The number of aromatic nitrogens is 2. The molecule has 1 fully saturated rings. The number of amides is 1. The zero-order valence-electron chi connectivity index (χ0n) is 16.8. The molecule has 0 bridgehead atoms. The van der Waals surface area contributed by atoms with Gasteiger partial charge >= 0.3 is 11.6 Å². The number of rotatable bonds is 10. The lowest BCUT2D eigenvalue weighted by Gasteiger charge is -2.43. The Morgan fingerprint density at radius 3 is 2.58 bits per heavy atom. The molecule has 1 aromatic heterocycles. The smallest absolute Gasteiger partial charge is 0.332 e. The van der Waals surface area contributed by atoms with Crippen molar-refractivity contribution in [2.24, 2.45) is 5.73 Å². The number of carbonyl (C=O) groups is 1. The Hall–Kier alpha value is -2.20. The van der Waals surface area contributed by atoms with Gasteiger partial charge in [-0.2, -0.15) is 0 Å². The van der Waals surface area contributed by atoms with Crippen molar-refractivity contribution in [2.45, 2.75) is 69.2 Å². The molecule has 0 aromatic carbocycles. The largest absolute Gasteiger partial charge is 0.394 e. The quantitative estimate of drug-likeness (QED) is 0.0871. The molecule has 176 valence electrons. The van der Waals surface area contributed by atoms with E-state index in [1.807, 2.05) is 6.92 Å². The van der Waals surface area contributed by atoms with Crippen molar-refractivity contribution >= 4 is 5.91 Å². The maximum Gasteiger partial charge on any atom is 0.332 e. The SMILES string of the molecule is CCCCCCC(F)N(O)[C@@]1(O)[C@H](O)[C@@H](CO)O[C@@]1(O)n1cc(C(N)=O)c(=O)[nH]c1=O. The Morgan fingerprint density at radius 1 is 1.39 bits per heavy atom. The molecule has 2 rings (SSSR count). The molecule has 14 heteroatoms. The first-order chi connectivity index (χ1) is 14.4. The summed E-state index contributed by atoms with van der Waals surface area (Å²) >= 11 is 0. The third-order valence-corrected chi connectivity index (χ3v) is 5.18. The number of nitrogens with two attached hydrogens (primary N) is 1. The van der Waals surface area contributed by atoms with E-state index >= 15 is 0 Å². The number of hydrogen-bond donors (Lipinski definition) is 7. The number of nitrogens with zero attached hydrogens (tertiary/aromatic N) is 2. The number of nitrogens with one attached hydrogen (secondary N) is 1. The van der Waals surface area contributed by atoms with E-state index in [9.17, 15) is 44.4 Å². The van der Waals surface area contributed by atoms with Gasteiger partial charge in [-0.05, 0) is 12.8 Å². The number of halogens is 1. The molecule has 1 aromatic rings. The van der Waals surface area contributed by atoms with Crippen molar-refractivity contribution in [3.05, 3.63) is 32.6 Å². The second-order valence-electron chi connectivity index (χ2n) is 7.28. The number of ether oxygens (including phenoxy) is 1. The fourth-order valence-electron chi connectivity index (χ4n) is 3.42. The highest BCUT2D eigenvalue weighted by Gasteiger charge is 2.71. The molecule has 1 aliphatic heterocycles. The number of hydroxylamine groups is 2. The van der Waals surface area contributed by atoms with Crippen LogP contribution in [0.3, 0.4) is 0 Å². The Balaban J connectivity index is 2.56. The topological polar surface area (TPSA) is 212 Å². The highest BCUT2D eigenvalue weighted by atomic mass is 19.1. The van der Waals surface area contributed by atoms with Gasteiger partial charge in [-0.1, -0.05) is 26.2 Å². The average molecular weight is 450 g/mol. The molecule has 13 nitrogen and oxygen atoms in total. The van der Waals surface area contributed by atoms with E-state index in [4.69, 9.17) is 10.5 Å². The second-order valence-corrected chi connectivity index (χ2v) is 7.28. The van der Waals surface area contributed by atoms with Gasteiger partial charge in [0.2, 0.25) is 5.72 Å². The van der Waals surface area contributed by atoms with E-state index in [1.165, 1.54) is 0 Å². The van der Waals surface area contributed by atoms with Crippen LogP contribution in [-0.2, 0) is 10.6 Å². The first-order valence-electron chi connectivity index (χ1n) is 9.65. The Morgan fingerprint density at radius 2 is 2.03 bits per heavy atom. The summed E-state index contributed by atoms with van der Waals surface area (Å²) in [5, 5.41) is 51.9. The summed E-state index contributed by atoms with van der Waals surface area (Å²) in [4.78, 5) is 37.2. The van der Waals surface area contributed by atoms with Gasteiger partial charge in [0, 0.05) is 6.20 Å². The zero-order chi connectivity index (χ0) is 23.6. The summed E-state index contributed by atoms with van der Waals surface area (Å²) in [7, 11) is 0. The number of H-pyrrole nitrogens is 1.